The van der Waals surface area contributed by atoms with Crippen LogP contribution in [0, 0.1) is 0 Å². The number of nitrogens with one attached hydrogen (secondary N) is 1. The van der Waals surface area contributed by atoms with Crippen molar-refractivity contribution in [2.75, 3.05) is 19.5 Å². The maximum atomic E-state index is 5.54. The molecule has 3 aromatic rings. The number of fused-ring (bicyclic) bond motifs is 1. The highest BCUT2D eigenvalue weighted by Gasteiger charge is 2.25. The van der Waals surface area contributed by atoms with Crippen LogP contribution in [0.25, 0.3) is 5.70 Å². The molecule has 6 nitrogen and oxygen atoms in total. The third kappa shape index (κ3) is 2.71. The maximum Gasteiger partial charge on any atom is 0.226 e. The van der Waals surface area contributed by atoms with Gasteiger partial charge in [-0.05, 0) is 24.3 Å². The molecule has 0 fully saturated rings. The molecule has 2 aromatic carbocycles. The fourth-order valence-corrected chi connectivity index (χ4v) is 3.02. The van der Waals surface area contributed by atoms with E-state index in [1.165, 1.54) is 0 Å². The summed E-state index contributed by atoms with van der Waals surface area (Å²) in [6, 6.07) is 15.7. The Balaban J connectivity index is 1.83. The van der Waals surface area contributed by atoms with Gasteiger partial charge in [-0.1, -0.05) is 30.3 Å². The molecule has 2 heterocycles. The van der Waals surface area contributed by atoms with Gasteiger partial charge in [-0.25, -0.2) is 4.68 Å². The molecule has 1 aliphatic rings. The number of nitrogens with zero attached hydrogens (tertiary/aromatic N) is 3. The second kappa shape index (κ2) is 6.32. The zero-order chi connectivity index (χ0) is 17.2. The molecule has 126 valence electrons. The Kier molecular flexibility index (Phi) is 3.85. The number of benzene rings is 2. The van der Waals surface area contributed by atoms with Crippen molar-refractivity contribution in [2.24, 2.45) is 0 Å². The lowest BCUT2D eigenvalue weighted by Gasteiger charge is -2.25. The second-order valence-corrected chi connectivity index (χ2v) is 5.65. The summed E-state index contributed by atoms with van der Waals surface area (Å²) in [5, 5.41) is 7.71. The van der Waals surface area contributed by atoms with Gasteiger partial charge in [0.05, 0.1) is 14.2 Å². The predicted octanol–water partition coefficient (Wildman–Crippen LogP) is 3.35. The average Bonchev–Trinajstić information content (AvgIpc) is 3.16. The SMILES string of the molecule is COc1cccc(C2=C[C@@H](c3ccccc3OC)n3ncnc3N2)c1. The zero-order valence-electron chi connectivity index (χ0n) is 14.0. The summed E-state index contributed by atoms with van der Waals surface area (Å²) in [5.74, 6) is 2.31. The summed E-state index contributed by atoms with van der Waals surface area (Å²) in [7, 11) is 3.34. The lowest BCUT2D eigenvalue weighted by atomic mass is 10.0. The number of rotatable bonds is 4. The number of aromatic nitrogens is 3. The van der Waals surface area contributed by atoms with Gasteiger partial charge in [0.15, 0.2) is 0 Å². The van der Waals surface area contributed by atoms with Crippen molar-refractivity contribution in [3.8, 4) is 11.5 Å². The Morgan fingerprint density at radius 2 is 1.92 bits per heavy atom. The Morgan fingerprint density at radius 1 is 1.04 bits per heavy atom. The summed E-state index contributed by atoms with van der Waals surface area (Å²) in [6.07, 6.45) is 3.67. The fraction of sp³-hybridized carbons (Fsp3) is 0.158. The van der Waals surface area contributed by atoms with Crippen LogP contribution in [0.3, 0.4) is 0 Å². The molecule has 6 heteroatoms. The van der Waals surface area contributed by atoms with Gasteiger partial charge in [0.1, 0.15) is 23.9 Å². The molecule has 0 aliphatic carbocycles. The van der Waals surface area contributed by atoms with Crippen molar-refractivity contribution in [1.82, 2.24) is 14.8 Å². The van der Waals surface area contributed by atoms with Gasteiger partial charge in [0, 0.05) is 16.8 Å². The van der Waals surface area contributed by atoms with Gasteiger partial charge in [-0.3, -0.25) is 0 Å². The normalized spacial score (nSPS) is 15.8. The van der Waals surface area contributed by atoms with Crippen LogP contribution in [0.15, 0.2) is 60.9 Å². The van der Waals surface area contributed by atoms with E-state index in [4.69, 9.17) is 9.47 Å². The summed E-state index contributed by atoms with van der Waals surface area (Å²) >= 11 is 0. The highest BCUT2D eigenvalue weighted by atomic mass is 16.5. The molecule has 0 saturated heterocycles. The summed E-state index contributed by atoms with van der Waals surface area (Å²) < 4.78 is 12.7. The van der Waals surface area contributed by atoms with Crippen LogP contribution in [0.2, 0.25) is 0 Å². The molecule has 1 atom stereocenters. The Bertz CT molecular complexity index is 932. The molecule has 0 bridgehead atoms. The summed E-state index contributed by atoms with van der Waals surface area (Å²) in [5.41, 5.74) is 3.00. The monoisotopic (exact) mass is 334 g/mol. The van der Waals surface area contributed by atoms with E-state index in [1.807, 2.05) is 53.2 Å². The lowest BCUT2D eigenvalue weighted by molar-refractivity contribution is 0.404. The highest BCUT2D eigenvalue weighted by Crippen LogP contribution is 2.36. The minimum absolute atomic E-state index is 0.115. The van der Waals surface area contributed by atoms with Crippen molar-refractivity contribution in [3.05, 3.63) is 72.1 Å². The van der Waals surface area contributed by atoms with Crippen LogP contribution < -0.4 is 14.8 Å². The Morgan fingerprint density at radius 3 is 2.76 bits per heavy atom. The first-order chi connectivity index (χ1) is 12.3. The molecule has 1 aliphatic heterocycles. The Hall–Kier alpha value is -3.28. The van der Waals surface area contributed by atoms with Crippen LogP contribution >= 0.6 is 0 Å². The maximum absolute atomic E-state index is 5.54. The largest absolute Gasteiger partial charge is 0.497 e. The first kappa shape index (κ1) is 15.3. The van der Waals surface area contributed by atoms with E-state index >= 15 is 0 Å². The second-order valence-electron chi connectivity index (χ2n) is 5.65. The van der Waals surface area contributed by atoms with Crippen LogP contribution in [0.4, 0.5) is 5.95 Å². The molecule has 0 unspecified atom stereocenters. The molecule has 1 aromatic heterocycles. The molecular formula is C19H18N4O2. The number of ether oxygens (including phenoxy) is 2. The van der Waals surface area contributed by atoms with Gasteiger partial charge in [0.25, 0.3) is 0 Å². The fourth-order valence-electron chi connectivity index (χ4n) is 3.02. The number of hydrogen-bond donors (Lipinski definition) is 1. The number of methoxy groups -OCH3 is 2. The molecule has 0 radical (unpaired) electrons. The van der Waals surface area contributed by atoms with E-state index in [1.54, 1.807) is 20.5 Å². The number of anilines is 1. The number of hydrogen-bond acceptors (Lipinski definition) is 5. The third-order valence-corrected chi connectivity index (χ3v) is 4.25. The lowest BCUT2D eigenvalue weighted by Crippen LogP contribution is -2.20. The van der Waals surface area contributed by atoms with Crippen LogP contribution in [-0.2, 0) is 0 Å². The van der Waals surface area contributed by atoms with E-state index in [0.717, 1.165) is 28.3 Å². The van der Waals surface area contributed by atoms with Gasteiger partial charge in [0.2, 0.25) is 5.95 Å². The van der Waals surface area contributed by atoms with Crippen LogP contribution in [0.1, 0.15) is 17.2 Å². The first-order valence-electron chi connectivity index (χ1n) is 7.96. The zero-order valence-corrected chi connectivity index (χ0v) is 14.0. The molecule has 4 rings (SSSR count). The van der Waals surface area contributed by atoms with Crippen molar-refractivity contribution < 1.29 is 9.47 Å². The minimum atomic E-state index is -0.115. The molecule has 25 heavy (non-hydrogen) atoms. The van der Waals surface area contributed by atoms with Gasteiger partial charge in [-0.2, -0.15) is 10.1 Å². The van der Waals surface area contributed by atoms with E-state index < -0.39 is 0 Å². The van der Waals surface area contributed by atoms with Gasteiger partial charge in [-0.15, -0.1) is 0 Å². The Labute approximate surface area is 145 Å². The quantitative estimate of drug-likeness (QED) is 0.793. The highest BCUT2D eigenvalue weighted by molar-refractivity contribution is 5.77. The van der Waals surface area contributed by atoms with Crippen molar-refractivity contribution >= 4 is 11.6 Å². The van der Waals surface area contributed by atoms with Gasteiger partial charge >= 0.3 is 0 Å². The summed E-state index contributed by atoms with van der Waals surface area (Å²) in [6.45, 7) is 0. The summed E-state index contributed by atoms with van der Waals surface area (Å²) in [4.78, 5) is 4.33. The predicted molar refractivity (Wildman–Crippen MR) is 95.7 cm³/mol. The molecule has 1 N–H and O–H groups in total. The van der Waals surface area contributed by atoms with E-state index in [0.29, 0.717) is 5.95 Å². The van der Waals surface area contributed by atoms with Crippen molar-refractivity contribution in [2.45, 2.75) is 6.04 Å². The van der Waals surface area contributed by atoms with Gasteiger partial charge < -0.3 is 14.8 Å². The third-order valence-electron chi connectivity index (χ3n) is 4.25. The van der Waals surface area contributed by atoms with E-state index in [2.05, 4.69) is 21.5 Å². The van der Waals surface area contributed by atoms with Crippen LogP contribution in [0.5, 0.6) is 11.5 Å². The van der Waals surface area contributed by atoms with E-state index in [-0.39, 0.29) is 6.04 Å². The van der Waals surface area contributed by atoms with Crippen molar-refractivity contribution in [1.29, 1.82) is 0 Å². The smallest absolute Gasteiger partial charge is 0.226 e. The molecule has 0 saturated carbocycles. The topological polar surface area (TPSA) is 61.2 Å². The first-order valence-corrected chi connectivity index (χ1v) is 7.96. The number of allylic oxidation sites excluding steroid dienone is 1. The standard InChI is InChI=1S/C19H18N4O2/c1-24-14-7-5-6-13(10-14)16-11-17(23-19(22-16)20-12-21-23)15-8-3-4-9-18(15)25-2/h3-12,17H,1-2H3,(H,20,21,22)/t17-/m0/s1. The average molecular weight is 334 g/mol. The molecule has 0 amide bonds. The minimum Gasteiger partial charge on any atom is -0.497 e. The molecular weight excluding hydrogens is 316 g/mol. The van der Waals surface area contributed by atoms with E-state index in [9.17, 15) is 0 Å². The van der Waals surface area contributed by atoms with Crippen LogP contribution in [-0.4, -0.2) is 29.0 Å². The molecule has 0 spiro atoms. The van der Waals surface area contributed by atoms with Crippen molar-refractivity contribution in [3.63, 3.8) is 0 Å². The number of para-hydroxylation sites is 1.